The van der Waals surface area contributed by atoms with Crippen molar-refractivity contribution in [2.24, 2.45) is 0 Å². The number of benzene rings is 1. The number of methoxy groups -OCH3 is 2. The van der Waals surface area contributed by atoms with Crippen molar-refractivity contribution < 1.29 is 19.4 Å². The molecule has 3 N–H and O–H groups in total. The normalized spacial score (nSPS) is 11.5. The van der Waals surface area contributed by atoms with Crippen LogP contribution in [0.15, 0.2) is 36.5 Å². The van der Waals surface area contributed by atoms with Crippen molar-refractivity contribution in [2.75, 3.05) is 26.1 Å². The highest BCUT2D eigenvalue weighted by Crippen LogP contribution is 2.29. The second kappa shape index (κ2) is 8.16. The number of carbonyl (C=O) groups is 1. The fraction of sp³-hybridized carbons (Fsp3) is 0.294. The average molecular weight is 331 g/mol. The van der Waals surface area contributed by atoms with E-state index in [2.05, 4.69) is 15.6 Å². The topological polar surface area (TPSA) is 92.7 Å². The van der Waals surface area contributed by atoms with Gasteiger partial charge in [-0.05, 0) is 36.8 Å². The molecule has 128 valence electrons. The van der Waals surface area contributed by atoms with Crippen LogP contribution in [0.2, 0.25) is 0 Å². The van der Waals surface area contributed by atoms with E-state index in [9.17, 15) is 9.90 Å². The third kappa shape index (κ3) is 4.36. The van der Waals surface area contributed by atoms with Gasteiger partial charge in [0, 0.05) is 18.3 Å². The van der Waals surface area contributed by atoms with Gasteiger partial charge in [0.2, 0.25) is 0 Å². The summed E-state index contributed by atoms with van der Waals surface area (Å²) in [6, 6.07) is 8.30. The number of hydrogen-bond acceptors (Lipinski definition) is 5. The number of pyridine rings is 1. The van der Waals surface area contributed by atoms with Gasteiger partial charge in [0.05, 0.1) is 14.2 Å². The summed E-state index contributed by atoms with van der Waals surface area (Å²) in [6.45, 7) is 1.86. The fourth-order valence-corrected chi connectivity index (χ4v) is 2.17. The van der Waals surface area contributed by atoms with Crippen molar-refractivity contribution in [1.29, 1.82) is 0 Å². The highest BCUT2D eigenvalue weighted by Gasteiger charge is 2.16. The van der Waals surface area contributed by atoms with Crippen LogP contribution < -0.4 is 20.1 Å². The maximum atomic E-state index is 11.9. The summed E-state index contributed by atoms with van der Waals surface area (Å²) < 4.78 is 10.4. The van der Waals surface area contributed by atoms with Gasteiger partial charge in [-0.1, -0.05) is 6.07 Å². The summed E-state index contributed by atoms with van der Waals surface area (Å²) in [5.74, 6) is 1.59. The predicted octanol–water partition coefficient (Wildman–Crippen LogP) is 2.26. The minimum absolute atomic E-state index is 0.0151. The molecule has 2 aromatic rings. The van der Waals surface area contributed by atoms with Crippen LogP contribution in [-0.2, 0) is 0 Å². The van der Waals surface area contributed by atoms with Crippen LogP contribution in [0, 0.1) is 6.92 Å². The van der Waals surface area contributed by atoms with Gasteiger partial charge < -0.3 is 19.9 Å². The van der Waals surface area contributed by atoms with Crippen LogP contribution in [0.5, 0.6) is 11.5 Å². The van der Waals surface area contributed by atoms with Crippen molar-refractivity contribution in [3.63, 3.8) is 0 Å². The van der Waals surface area contributed by atoms with E-state index >= 15 is 0 Å². The molecule has 1 aromatic heterocycles. The Morgan fingerprint density at radius 3 is 2.75 bits per heavy atom. The first-order valence-corrected chi connectivity index (χ1v) is 7.41. The summed E-state index contributed by atoms with van der Waals surface area (Å²) in [6.07, 6.45) is 0.657. The average Bonchev–Trinajstić information content (AvgIpc) is 2.61. The Morgan fingerprint density at radius 2 is 2.08 bits per heavy atom. The molecule has 2 amide bonds. The van der Waals surface area contributed by atoms with E-state index in [1.54, 1.807) is 37.6 Å². The molecule has 0 aliphatic rings. The van der Waals surface area contributed by atoms with Crippen molar-refractivity contribution >= 4 is 11.8 Å². The molecule has 1 aromatic carbocycles. The van der Waals surface area contributed by atoms with Gasteiger partial charge in [0.15, 0.2) is 0 Å². The quantitative estimate of drug-likeness (QED) is 0.755. The third-order valence-electron chi connectivity index (χ3n) is 3.49. The van der Waals surface area contributed by atoms with Crippen LogP contribution in [0.4, 0.5) is 10.6 Å². The van der Waals surface area contributed by atoms with E-state index in [4.69, 9.17) is 9.47 Å². The number of carbonyl (C=O) groups excluding carboxylic acids is 1. The number of rotatable bonds is 6. The zero-order valence-corrected chi connectivity index (χ0v) is 13.9. The number of aryl methyl sites for hydroxylation is 1. The van der Waals surface area contributed by atoms with Crippen LogP contribution in [0.3, 0.4) is 0 Å². The van der Waals surface area contributed by atoms with E-state index < -0.39 is 12.1 Å². The van der Waals surface area contributed by atoms with Gasteiger partial charge in [-0.25, -0.2) is 9.78 Å². The summed E-state index contributed by atoms with van der Waals surface area (Å²) in [5, 5.41) is 15.6. The Balaban J connectivity index is 1.99. The number of nitrogens with zero attached hydrogens (tertiary/aromatic N) is 1. The zero-order valence-electron chi connectivity index (χ0n) is 13.9. The lowest BCUT2D eigenvalue weighted by atomic mass is 10.1. The number of hydrogen-bond donors (Lipinski definition) is 3. The molecule has 0 fully saturated rings. The van der Waals surface area contributed by atoms with Gasteiger partial charge in [-0.2, -0.15) is 0 Å². The molecule has 0 aliphatic heterocycles. The lowest BCUT2D eigenvalue weighted by Crippen LogP contribution is -2.33. The number of aliphatic hydroxyl groups excluding tert-OH is 1. The van der Waals surface area contributed by atoms with E-state index in [0.29, 0.717) is 22.9 Å². The molecule has 1 atom stereocenters. The highest BCUT2D eigenvalue weighted by atomic mass is 16.5. The maximum Gasteiger partial charge on any atom is 0.320 e. The molecular weight excluding hydrogens is 310 g/mol. The molecule has 7 heteroatoms. The first-order valence-electron chi connectivity index (χ1n) is 7.41. The highest BCUT2D eigenvalue weighted by molar-refractivity contribution is 5.88. The van der Waals surface area contributed by atoms with Crippen molar-refractivity contribution in [3.8, 4) is 11.5 Å². The molecule has 1 unspecified atom stereocenters. The lowest BCUT2D eigenvalue weighted by Gasteiger charge is -2.17. The van der Waals surface area contributed by atoms with Gasteiger partial charge in [-0.15, -0.1) is 0 Å². The molecule has 1 heterocycles. The number of urea groups is 1. The fourth-order valence-electron chi connectivity index (χ4n) is 2.17. The molecule has 0 spiro atoms. The molecule has 0 bridgehead atoms. The predicted molar refractivity (Wildman–Crippen MR) is 90.5 cm³/mol. The SMILES string of the molecule is COc1ccc(OC)c(C(O)CNC(=O)Nc2ncccc2C)c1. The second-order valence-corrected chi connectivity index (χ2v) is 5.13. The van der Waals surface area contributed by atoms with E-state index in [-0.39, 0.29) is 6.54 Å². The molecule has 0 radical (unpaired) electrons. The minimum atomic E-state index is -0.939. The van der Waals surface area contributed by atoms with E-state index in [1.807, 2.05) is 13.0 Å². The summed E-state index contributed by atoms with van der Waals surface area (Å²) in [7, 11) is 3.06. The van der Waals surface area contributed by atoms with Crippen LogP contribution >= 0.6 is 0 Å². The monoisotopic (exact) mass is 331 g/mol. The Bertz CT molecular complexity index is 706. The lowest BCUT2D eigenvalue weighted by molar-refractivity contribution is 0.170. The molecule has 2 rings (SSSR count). The summed E-state index contributed by atoms with van der Waals surface area (Å²) >= 11 is 0. The third-order valence-corrected chi connectivity index (χ3v) is 3.49. The molecule has 24 heavy (non-hydrogen) atoms. The number of nitrogens with one attached hydrogen (secondary N) is 2. The number of amides is 2. The van der Waals surface area contributed by atoms with Gasteiger partial charge in [-0.3, -0.25) is 5.32 Å². The Kier molecular flexibility index (Phi) is 5.97. The van der Waals surface area contributed by atoms with Crippen molar-refractivity contribution in [3.05, 3.63) is 47.7 Å². The second-order valence-electron chi connectivity index (χ2n) is 5.13. The standard InChI is InChI=1S/C17H21N3O4/c1-11-5-4-8-18-16(11)20-17(22)19-10-14(21)13-9-12(23-2)6-7-15(13)24-3/h4-9,14,21H,10H2,1-3H3,(H2,18,19,20,22). The Hall–Kier alpha value is -2.80. The van der Waals surface area contributed by atoms with Gasteiger partial charge in [0.25, 0.3) is 0 Å². The largest absolute Gasteiger partial charge is 0.497 e. The smallest absolute Gasteiger partial charge is 0.320 e. The van der Waals surface area contributed by atoms with Crippen molar-refractivity contribution in [2.45, 2.75) is 13.0 Å². The zero-order chi connectivity index (χ0) is 17.5. The molecular formula is C17H21N3O4. The molecule has 0 aliphatic carbocycles. The summed E-state index contributed by atoms with van der Waals surface area (Å²) in [4.78, 5) is 16.0. The number of ether oxygens (including phenoxy) is 2. The van der Waals surface area contributed by atoms with Crippen molar-refractivity contribution in [1.82, 2.24) is 10.3 Å². The number of anilines is 1. The Labute approximate surface area is 140 Å². The first-order chi connectivity index (χ1) is 11.5. The van der Waals surface area contributed by atoms with E-state index in [1.165, 1.54) is 7.11 Å². The molecule has 7 nitrogen and oxygen atoms in total. The van der Waals surface area contributed by atoms with Crippen LogP contribution in [0.1, 0.15) is 17.2 Å². The minimum Gasteiger partial charge on any atom is -0.497 e. The maximum absolute atomic E-state index is 11.9. The number of aromatic nitrogens is 1. The van der Waals surface area contributed by atoms with Crippen LogP contribution in [-0.4, -0.2) is 36.9 Å². The van der Waals surface area contributed by atoms with Crippen LogP contribution in [0.25, 0.3) is 0 Å². The number of aliphatic hydroxyl groups is 1. The van der Waals surface area contributed by atoms with Gasteiger partial charge >= 0.3 is 6.03 Å². The Morgan fingerprint density at radius 1 is 1.29 bits per heavy atom. The molecule has 0 saturated heterocycles. The molecule has 0 saturated carbocycles. The summed E-state index contributed by atoms with van der Waals surface area (Å²) in [5.41, 5.74) is 1.38. The van der Waals surface area contributed by atoms with Gasteiger partial charge in [0.1, 0.15) is 23.4 Å². The van der Waals surface area contributed by atoms with E-state index in [0.717, 1.165) is 5.56 Å². The first kappa shape index (κ1) is 17.6.